The van der Waals surface area contributed by atoms with E-state index in [4.69, 9.17) is 10.2 Å². The third-order valence-electron chi connectivity index (χ3n) is 2.91. The SMILES string of the molecule is CC(CN(CCCO)Cc1ccc(F)cc1)C(=O)O. The van der Waals surface area contributed by atoms with E-state index in [1.807, 2.05) is 4.90 Å². The van der Waals surface area contributed by atoms with Crippen molar-refractivity contribution >= 4 is 5.97 Å². The largest absolute Gasteiger partial charge is 0.481 e. The van der Waals surface area contributed by atoms with Crippen molar-refractivity contribution in [2.45, 2.75) is 19.9 Å². The Labute approximate surface area is 112 Å². The molecule has 0 spiro atoms. The van der Waals surface area contributed by atoms with Crippen molar-refractivity contribution in [3.05, 3.63) is 35.6 Å². The number of aliphatic carboxylic acids is 1. The summed E-state index contributed by atoms with van der Waals surface area (Å²) in [5.41, 5.74) is 0.928. The van der Waals surface area contributed by atoms with Crippen molar-refractivity contribution in [1.82, 2.24) is 4.90 Å². The zero-order valence-electron chi connectivity index (χ0n) is 11.1. The van der Waals surface area contributed by atoms with Gasteiger partial charge in [-0.25, -0.2) is 4.39 Å². The molecule has 0 fully saturated rings. The molecule has 5 heteroatoms. The number of rotatable bonds is 8. The lowest BCUT2D eigenvalue weighted by Crippen LogP contribution is -2.32. The molecule has 2 N–H and O–H groups in total. The molecule has 4 nitrogen and oxygen atoms in total. The number of carboxylic acids is 1. The molecule has 1 rings (SSSR count). The molecule has 1 aromatic carbocycles. The average molecular weight is 269 g/mol. The van der Waals surface area contributed by atoms with Gasteiger partial charge in [0.2, 0.25) is 0 Å². The smallest absolute Gasteiger partial charge is 0.307 e. The van der Waals surface area contributed by atoms with E-state index in [-0.39, 0.29) is 12.4 Å². The first-order valence-electron chi connectivity index (χ1n) is 6.33. The van der Waals surface area contributed by atoms with Gasteiger partial charge in [-0.15, -0.1) is 0 Å². The summed E-state index contributed by atoms with van der Waals surface area (Å²) >= 11 is 0. The number of aliphatic hydroxyl groups excluding tert-OH is 1. The molecular weight excluding hydrogens is 249 g/mol. The molecule has 106 valence electrons. The summed E-state index contributed by atoms with van der Waals surface area (Å²) in [7, 11) is 0. The Kier molecular flexibility index (Phi) is 6.45. The highest BCUT2D eigenvalue weighted by Gasteiger charge is 2.16. The average Bonchev–Trinajstić information content (AvgIpc) is 2.38. The number of halogens is 1. The van der Waals surface area contributed by atoms with E-state index >= 15 is 0 Å². The summed E-state index contributed by atoms with van der Waals surface area (Å²) in [6, 6.07) is 6.15. The molecule has 0 aliphatic heterocycles. The molecule has 0 aliphatic rings. The number of hydrogen-bond donors (Lipinski definition) is 2. The van der Waals surface area contributed by atoms with Gasteiger partial charge >= 0.3 is 5.97 Å². The number of nitrogens with zero attached hydrogens (tertiary/aromatic N) is 1. The van der Waals surface area contributed by atoms with E-state index < -0.39 is 11.9 Å². The second-order valence-electron chi connectivity index (χ2n) is 4.68. The van der Waals surface area contributed by atoms with Crippen LogP contribution in [0.2, 0.25) is 0 Å². The van der Waals surface area contributed by atoms with Crippen LogP contribution >= 0.6 is 0 Å². The lowest BCUT2D eigenvalue weighted by molar-refractivity contribution is -0.141. The molecule has 1 aromatic rings. The zero-order chi connectivity index (χ0) is 14.3. The fourth-order valence-corrected chi connectivity index (χ4v) is 1.84. The molecule has 0 aromatic heterocycles. The fraction of sp³-hybridized carbons (Fsp3) is 0.500. The van der Waals surface area contributed by atoms with Crippen LogP contribution in [0.25, 0.3) is 0 Å². The summed E-state index contributed by atoms with van der Waals surface area (Å²) in [5, 5.41) is 17.8. The standard InChI is InChI=1S/C14H20FNO3/c1-11(14(18)19)9-16(7-2-8-17)10-12-3-5-13(15)6-4-12/h3-6,11,17H,2,7-10H2,1H3,(H,18,19). The molecular formula is C14H20FNO3. The van der Waals surface area contributed by atoms with Crippen molar-refractivity contribution in [2.24, 2.45) is 5.92 Å². The van der Waals surface area contributed by atoms with Crippen LogP contribution in [-0.4, -0.2) is 40.8 Å². The molecule has 0 amide bonds. The first-order chi connectivity index (χ1) is 9.02. The van der Waals surface area contributed by atoms with Crippen molar-refractivity contribution in [3.8, 4) is 0 Å². The number of benzene rings is 1. The monoisotopic (exact) mass is 269 g/mol. The first kappa shape index (κ1) is 15.6. The van der Waals surface area contributed by atoms with Crippen LogP contribution in [0.15, 0.2) is 24.3 Å². The zero-order valence-corrected chi connectivity index (χ0v) is 11.1. The maximum atomic E-state index is 12.8. The van der Waals surface area contributed by atoms with E-state index in [0.29, 0.717) is 26.1 Å². The van der Waals surface area contributed by atoms with Crippen molar-refractivity contribution in [3.63, 3.8) is 0 Å². The summed E-state index contributed by atoms with van der Waals surface area (Å²) in [6.45, 7) is 3.30. The summed E-state index contributed by atoms with van der Waals surface area (Å²) in [4.78, 5) is 12.8. The normalized spacial score (nSPS) is 12.6. The molecule has 0 saturated carbocycles. The molecule has 1 unspecified atom stereocenters. The van der Waals surface area contributed by atoms with Crippen LogP contribution < -0.4 is 0 Å². The molecule has 0 saturated heterocycles. The Morgan fingerprint density at radius 2 is 2.00 bits per heavy atom. The number of carbonyl (C=O) groups is 1. The molecule has 0 radical (unpaired) electrons. The van der Waals surface area contributed by atoms with Gasteiger partial charge in [-0.05, 0) is 24.1 Å². The Balaban J connectivity index is 2.62. The van der Waals surface area contributed by atoms with Crippen molar-refractivity contribution < 1.29 is 19.4 Å². The molecule has 0 heterocycles. The Bertz CT molecular complexity index is 394. The quantitative estimate of drug-likeness (QED) is 0.754. The highest BCUT2D eigenvalue weighted by molar-refractivity contribution is 5.69. The number of carboxylic acid groups (broad SMARTS) is 1. The van der Waals surface area contributed by atoms with Crippen LogP contribution in [-0.2, 0) is 11.3 Å². The second-order valence-corrected chi connectivity index (χ2v) is 4.68. The third-order valence-corrected chi connectivity index (χ3v) is 2.91. The van der Waals surface area contributed by atoms with Crippen LogP contribution in [0.3, 0.4) is 0 Å². The minimum absolute atomic E-state index is 0.0708. The van der Waals surface area contributed by atoms with Gasteiger partial charge in [-0.2, -0.15) is 0 Å². The van der Waals surface area contributed by atoms with Gasteiger partial charge in [0.25, 0.3) is 0 Å². The minimum Gasteiger partial charge on any atom is -0.481 e. The van der Waals surface area contributed by atoms with E-state index in [1.54, 1.807) is 19.1 Å². The Morgan fingerprint density at radius 3 is 2.53 bits per heavy atom. The Hall–Kier alpha value is -1.46. The first-order valence-corrected chi connectivity index (χ1v) is 6.33. The Morgan fingerprint density at radius 1 is 1.37 bits per heavy atom. The molecule has 0 bridgehead atoms. The van der Waals surface area contributed by atoms with Gasteiger partial charge in [0.05, 0.1) is 5.92 Å². The lowest BCUT2D eigenvalue weighted by Gasteiger charge is -2.24. The predicted octanol–water partition coefficient (Wildman–Crippen LogP) is 1.73. The maximum absolute atomic E-state index is 12.8. The molecule has 19 heavy (non-hydrogen) atoms. The van der Waals surface area contributed by atoms with Gasteiger partial charge in [-0.3, -0.25) is 9.69 Å². The van der Waals surface area contributed by atoms with Gasteiger partial charge in [0, 0.05) is 26.2 Å². The molecule has 0 aliphatic carbocycles. The van der Waals surface area contributed by atoms with E-state index in [2.05, 4.69) is 0 Å². The second kappa shape index (κ2) is 7.86. The van der Waals surface area contributed by atoms with Crippen LogP contribution in [0.4, 0.5) is 4.39 Å². The van der Waals surface area contributed by atoms with Crippen LogP contribution in [0.1, 0.15) is 18.9 Å². The van der Waals surface area contributed by atoms with Crippen molar-refractivity contribution in [2.75, 3.05) is 19.7 Å². The van der Waals surface area contributed by atoms with Gasteiger partial charge in [0.15, 0.2) is 0 Å². The lowest BCUT2D eigenvalue weighted by atomic mass is 10.1. The van der Waals surface area contributed by atoms with Gasteiger partial charge in [0.1, 0.15) is 5.82 Å². The highest BCUT2D eigenvalue weighted by Crippen LogP contribution is 2.09. The minimum atomic E-state index is -0.840. The third kappa shape index (κ3) is 5.81. The van der Waals surface area contributed by atoms with Crippen molar-refractivity contribution in [1.29, 1.82) is 0 Å². The summed E-state index contributed by atoms with van der Waals surface area (Å²) in [5.74, 6) is -1.60. The van der Waals surface area contributed by atoms with Gasteiger partial charge < -0.3 is 10.2 Å². The van der Waals surface area contributed by atoms with Gasteiger partial charge in [-0.1, -0.05) is 19.1 Å². The summed E-state index contributed by atoms with van der Waals surface area (Å²) in [6.07, 6.45) is 0.591. The van der Waals surface area contributed by atoms with E-state index in [9.17, 15) is 9.18 Å². The number of hydrogen-bond acceptors (Lipinski definition) is 3. The summed E-state index contributed by atoms with van der Waals surface area (Å²) < 4.78 is 12.8. The maximum Gasteiger partial charge on any atom is 0.307 e. The number of aliphatic hydroxyl groups is 1. The molecule has 1 atom stereocenters. The van der Waals surface area contributed by atoms with E-state index in [0.717, 1.165) is 5.56 Å². The topological polar surface area (TPSA) is 60.8 Å². The van der Waals surface area contributed by atoms with E-state index in [1.165, 1.54) is 12.1 Å². The van der Waals surface area contributed by atoms with Crippen LogP contribution in [0, 0.1) is 11.7 Å². The fourth-order valence-electron chi connectivity index (χ4n) is 1.84. The predicted molar refractivity (Wildman–Crippen MR) is 70.2 cm³/mol. The highest BCUT2D eigenvalue weighted by atomic mass is 19.1. The van der Waals surface area contributed by atoms with Crippen LogP contribution in [0.5, 0.6) is 0 Å².